The van der Waals surface area contributed by atoms with E-state index in [4.69, 9.17) is 0 Å². The van der Waals surface area contributed by atoms with Gasteiger partial charge >= 0.3 is 6.03 Å². The number of hydrogen-bond acceptors (Lipinski definition) is 5. The summed E-state index contributed by atoms with van der Waals surface area (Å²) in [5.74, 6) is -0.112. The molecule has 2 N–H and O–H groups in total. The van der Waals surface area contributed by atoms with E-state index in [2.05, 4.69) is 10.6 Å². The molecule has 0 aliphatic carbocycles. The van der Waals surface area contributed by atoms with Crippen LogP contribution >= 0.6 is 0 Å². The molecule has 1 aromatic carbocycles. The van der Waals surface area contributed by atoms with Crippen molar-refractivity contribution in [2.75, 3.05) is 16.8 Å². The minimum Gasteiger partial charge on any atom is -0.332 e. The largest absolute Gasteiger partial charge is 0.332 e. The molecule has 0 radical (unpaired) electrons. The van der Waals surface area contributed by atoms with E-state index in [1.165, 1.54) is 18.2 Å². The highest BCUT2D eigenvalue weighted by Crippen LogP contribution is 2.25. The highest BCUT2D eigenvalue weighted by atomic mass is 32.2. The topological polar surface area (TPSA) is 118 Å². The molecule has 1 aliphatic heterocycles. The molecule has 1 saturated heterocycles. The molecule has 1 fully saturated rings. The summed E-state index contributed by atoms with van der Waals surface area (Å²) >= 11 is 0. The van der Waals surface area contributed by atoms with Gasteiger partial charge < -0.3 is 10.6 Å². The average Bonchev–Trinajstić information content (AvgIpc) is 2.63. The van der Waals surface area contributed by atoms with Gasteiger partial charge in [-0.25, -0.2) is 13.2 Å². The number of nitrogens with zero attached hydrogens (tertiary/aromatic N) is 1. The first-order chi connectivity index (χ1) is 9.71. The molecule has 1 unspecified atom stereocenters. The van der Waals surface area contributed by atoms with Crippen LogP contribution in [0.25, 0.3) is 0 Å². The monoisotopic (exact) mass is 313 g/mol. The van der Waals surface area contributed by atoms with Gasteiger partial charge in [0.1, 0.15) is 5.69 Å². The van der Waals surface area contributed by atoms with E-state index in [0.29, 0.717) is 6.42 Å². The van der Waals surface area contributed by atoms with Crippen LogP contribution in [0.1, 0.15) is 13.3 Å². The molecule has 1 aliphatic rings. The summed E-state index contributed by atoms with van der Waals surface area (Å²) in [6.07, 6.45) is 0.319. The van der Waals surface area contributed by atoms with Crippen molar-refractivity contribution in [2.45, 2.75) is 18.9 Å². The highest BCUT2D eigenvalue weighted by molar-refractivity contribution is 7.91. The Morgan fingerprint density at radius 3 is 2.62 bits per heavy atom. The predicted molar refractivity (Wildman–Crippen MR) is 76.9 cm³/mol. The van der Waals surface area contributed by atoms with Crippen molar-refractivity contribution in [1.29, 1.82) is 0 Å². The molecule has 2 amide bonds. The van der Waals surface area contributed by atoms with Crippen molar-refractivity contribution < 1.29 is 18.1 Å². The lowest BCUT2D eigenvalue weighted by Gasteiger charge is -2.23. The molecule has 21 heavy (non-hydrogen) atoms. The first-order valence-corrected chi connectivity index (χ1v) is 8.06. The lowest BCUT2D eigenvalue weighted by molar-refractivity contribution is -0.383. The van der Waals surface area contributed by atoms with Gasteiger partial charge in [-0.1, -0.05) is 12.1 Å². The van der Waals surface area contributed by atoms with E-state index < -0.39 is 26.3 Å². The van der Waals surface area contributed by atoms with Gasteiger partial charge in [0.15, 0.2) is 9.84 Å². The van der Waals surface area contributed by atoms with Gasteiger partial charge in [0, 0.05) is 6.07 Å². The Morgan fingerprint density at radius 1 is 1.38 bits per heavy atom. The molecule has 0 aromatic heterocycles. The number of para-hydroxylation sites is 2. The number of nitro groups is 1. The Kier molecular flexibility index (Phi) is 3.86. The van der Waals surface area contributed by atoms with Crippen LogP contribution in [0, 0.1) is 10.1 Å². The number of nitro benzene ring substituents is 1. The number of urea groups is 1. The SMILES string of the molecule is CC1(NC(=O)Nc2ccccc2[N+](=O)[O-])CCS(=O)(=O)C1. The van der Waals surface area contributed by atoms with E-state index in [9.17, 15) is 23.3 Å². The first kappa shape index (κ1) is 15.2. The minimum atomic E-state index is -3.14. The number of carbonyl (C=O) groups is 1. The van der Waals surface area contributed by atoms with Gasteiger partial charge in [-0.2, -0.15) is 0 Å². The lowest BCUT2D eigenvalue weighted by Crippen LogP contribution is -2.48. The molecule has 0 bridgehead atoms. The number of sulfone groups is 1. The summed E-state index contributed by atoms with van der Waals surface area (Å²) < 4.78 is 22.9. The maximum atomic E-state index is 11.9. The summed E-state index contributed by atoms with van der Waals surface area (Å²) in [5.41, 5.74) is -1.02. The maximum absolute atomic E-state index is 11.9. The van der Waals surface area contributed by atoms with Crippen molar-refractivity contribution in [3.63, 3.8) is 0 Å². The fraction of sp³-hybridized carbons (Fsp3) is 0.417. The smallest absolute Gasteiger partial charge is 0.319 e. The number of amides is 2. The third-order valence-electron chi connectivity index (χ3n) is 3.27. The number of carbonyl (C=O) groups excluding carboxylic acids is 1. The van der Waals surface area contributed by atoms with Gasteiger partial charge in [0.05, 0.1) is 22.0 Å². The third kappa shape index (κ3) is 3.69. The molecule has 8 nitrogen and oxygen atoms in total. The zero-order chi connectivity index (χ0) is 15.7. The quantitative estimate of drug-likeness (QED) is 0.644. The molecule has 114 valence electrons. The second-order valence-electron chi connectivity index (χ2n) is 5.26. The highest BCUT2D eigenvalue weighted by Gasteiger charge is 2.39. The van der Waals surface area contributed by atoms with Gasteiger partial charge in [-0.3, -0.25) is 10.1 Å². The number of hydrogen-bond donors (Lipinski definition) is 2. The number of nitrogens with one attached hydrogen (secondary N) is 2. The lowest BCUT2D eigenvalue weighted by atomic mass is 10.0. The molecular formula is C12H15N3O5S. The van der Waals surface area contributed by atoms with Crippen LogP contribution in [-0.4, -0.2) is 36.4 Å². The zero-order valence-corrected chi connectivity index (χ0v) is 12.1. The fourth-order valence-electron chi connectivity index (χ4n) is 2.28. The number of rotatable bonds is 3. The normalized spacial score (nSPS) is 23.5. The molecule has 9 heteroatoms. The van der Waals surface area contributed by atoms with Gasteiger partial charge in [-0.05, 0) is 19.4 Å². The summed E-state index contributed by atoms with van der Waals surface area (Å²) in [5, 5.41) is 15.8. The first-order valence-electron chi connectivity index (χ1n) is 6.24. The van der Waals surface area contributed by atoms with Crippen LogP contribution in [0.5, 0.6) is 0 Å². The molecule has 0 spiro atoms. The Labute approximate surface area is 121 Å². The molecule has 2 rings (SSSR count). The van der Waals surface area contributed by atoms with Crippen molar-refractivity contribution in [2.24, 2.45) is 0 Å². The molecule has 1 aromatic rings. The van der Waals surface area contributed by atoms with Crippen LogP contribution in [0.4, 0.5) is 16.2 Å². The van der Waals surface area contributed by atoms with E-state index in [1.807, 2.05) is 0 Å². The standard InChI is InChI=1S/C12H15N3O5S/c1-12(6-7-21(19,20)8-12)14-11(16)13-9-4-2-3-5-10(9)15(17)18/h2-5H,6-8H2,1H3,(H2,13,14,16). The average molecular weight is 313 g/mol. The summed E-state index contributed by atoms with van der Waals surface area (Å²) in [7, 11) is -3.14. The number of benzene rings is 1. The Bertz CT molecular complexity index is 688. The van der Waals surface area contributed by atoms with E-state index in [1.54, 1.807) is 13.0 Å². The van der Waals surface area contributed by atoms with Crippen LogP contribution in [-0.2, 0) is 9.84 Å². The van der Waals surface area contributed by atoms with Crippen molar-refractivity contribution in [3.8, 4) is 0 Å². The maximum Gasteiger partial charge on any atom is 0.319 e. The Morgan fingerprint density at radius 2 is 2.05 bits per heavy atom. The Balaban J connectivity index is 2.08. The second-order valence-corrected chi connectivity index (χ2v) is 7.44. The summed E-state index contributed by atoms with van der Waals surface area (Å²) in [6.45, 7) is 1.64. The van der Waals surface area contributed by atoms with Crippen molar-refractivity contribution in [3.05, 3.63) is 34.4 Å². The van der Waals surface area contributed by atoms with Gasteiger partial charge in [0.25, 0.3) is 5.69 Å². The van der Waals surface area contributed by atoms with E-state index in [-0.39, 0.29) is 22.9 Å². The molecule has 1 heterocycles. The van der Waals surface area contributed by atoms with E-state index >= 15 is 0 Å². The van der Waals surface area contributed by atoms with Crippen molar-refractivity contribution >= 4 is 27.2 Å². The van der Waals surface area contributed by atoms with Gasteiger partial charge in [-0.15, -0.1) is 0 Å². The minimum absolute atomic E-state index is 0.0231. The van der Waals surface area contributed by atoms with Crippen LogP contribution < -0.4 is 10.6 Å². The molecule has 0 saturated carbocycles. The van der Waals surface area contributed by atoms with Gasteiger partial charge in [0.2, 0.25) is 0 Å². The summed E-state index contributed by atoms with van der Waals surface area (Å²) in [4.78, 5) is 22.2. The fourth-order valence-corrected chi connectivity index (χ4v) is 4.37. The number of anilines is 1. The molecule has 1 atom stereocenters. The molecular weight excluding hydrogens is 298 g/mol. The van der Waals surface area contributed by atoms with Crippen LogP contribution in [0.15, 0.2) is 24.3 Å². The second kappa shape index (κ2) is 5.32. The van der Waals surface area contributed by atoms with Crippen molar-refractivity contribution in [1.82, 2.24) is 5.32 Å². The summed E-state index contributed by atoms with van der Waals surface area (Å²) in [6, 6.07) is 5.07. The Hall–Kier alpha value is -2.16. The van der Waals surface area contributed by atoms with Crippen LogP contribution in [0.2, 0.25) is 0 Å². The zero-order valence-electron chi connectivity index (χ0n) is 11.3. The third-order valence-corrected chi connectivity index (χ3v) is 5.17. The van der Waals surface area contributed by atoms with Crippen LogP contribution in [0.3, 0.4) is 0 Å². The predicted octanol–water partition coefficient (Wildman–Crippen LogP) is 1.29. The van der Waals surface area contributed by atoms with E-state index in [0.717, 1.165) is 0 Å².